The summed E-state index contributed by atoms with van der Waals surface area (Å²) >= 11 is 6.10. The highest BCUT2D eigenvalue weighted by Gasteiger charge is 2.36. The quantitative estimate of drug-likeness (QED) is 0.473. The molecule has 2 aliphatic rings. The predicted octanol–water partition coefficient (Wildman–Crippen LogP) is 3.09. The summed E-state index contributed by atoms with van der Waals surface area (Å²) < 4.78 is 10.9. The number of hydrogen-bond acceptors (Lipinski definition) is 4. The lowest BCUT2D eigenvalue weighted by molar-refractivity contribution is 0.0169. The zero-order valence-electron chi connectivity index (χ0n) is 17.8. The molecule has 6 nitrogen and oxygen atoms in total. The van der Waals surface area contributed by atoms with Crippen LogP contribution in [0.4, 0.5) is 0 Å². The smallest absolute Gasteiger partial charge is 0.191 e. The molecule has 1 atom stereocenters. The molecule has 1 aliphatic heterocycles. The number of halogens is 1. The first kappa shape index (κ1) is 22.3. The van der Waals surface area contributed by atoms with Gasteiger partial charge in [-0.25, -0.2) is 0 Å². The van der Waals surface area contributed by atoms with Crippen molar-refractivity contribution in [3.8, 4) is 0 Å². The molecule has 0 bridgehead atoms. The van der Waals surface area contributed by atoms with Crippen molar-refractivity contribution < 1.29 is 9.47 Å². The van der Waals surface area contributed by atoms with Crippen LogP contribution in [0.1, 0.15) is 37.3 Å². The molecule has 1 aromatic carbocycles. The van der Waals surface area contributed by atoms with Gasteiger partial charge in [0.25, 0.3) is 0 Å². The summed E-state index contributed by atoms with van der Waals surface area (Å²) in [6.45, 7) is 5.97. The molecule has 1 aliphatic carbocycles. The molecule has 3 rings (SSSR count). The maximum Gasteiger partial charge on any atom is 0.191 e. The fourth-order valence-corrected chi connectivity index (χ4v) is 4.35. The molecule has 1 unspecified atom stereocenters. The second kappa shape index (κ2) is 11.2. The third kappa shape index (κ3) is 6.32. The van der Waals surface area contributed by atoms with Crippen molar-refractivity contribution in [2.75, 3.05) is 60.2 Å². The van der Waals surface area contributed by atoms with Crippen LogP contribution in [-0.2, 0) is 9.47 Å². The topological polar surface area (TPSA) is 58.1 Å². The van der Waals surface area contributed by atoms with Crippen molar-refractivity contribution in [2.45, 2.75) is 31.7 Å². The van der Waals surface area contributed by atoms with Gasteiger partial charge in [-0.05, 0) is 42.4 Å². The number of guanidine groups is 1. The minimum Gasteiger partial charge on any atom is -0.385 e. The largest absolute Gasteiger partial charge is 0.385 e. The Bertz CT molecular complexity index is 643. The van der Waals surface area contributed by atoms with Crippen molar-refractivity contribution in [3.05, 3.63) is 34.9 Å². The Balaban J connectivity index is 1.58. The second-order valence-electron chi connectivity index (χ2n) is 8.12. The Hall–Kier alpha value is -1.34. The van der Waals surface area contributed by atoms with Gasteiger partial charge in [-0.15, -0.1) is 0 Å². The molecule has 7 heteroatoms. The first-order chi connectivity index (χ1) is 14.2. The fourth-order valence-electron chi connectivity index (χ4n) is 4.23. The van der Waals surface area contributed by atoms with Gasteiger partial charge in [-0.3, -0.25) is 9.89 Å². The molecule has 1 aromatic rings. The fraction of sp³-hybridized carbons (Fsp3) is 0.682. The molecule has 0 spiro atoms. The Morgan fingerprint density at radius 2 is 1.97 bits per heavy atom. The number of rotatable bonds is 9. The van der Waals surface area contributed by atoms with Crippen molar-refractivity contribution in [2.24, 2.45) is 10.4 Å². The van der Waals surface area contributed by atoms with E-state index in [1.807, 2.05) is 19.2 Å². The molecular weight excluding hydrogens is 388 g/mol. The van der Waals surface area contributed by atoms with E-state index in [0.717, 1.165) is 63.4 Å². The molecule has 1 heterocycles. The third-order valence-corrected chi connectivity index (χ3v) is 6.56. The van der Waals surface area contributed by atoms with Gasteiger partial charge in [0.1, 0.15) is 0 Å². The first-order valence-corrected chi connectivity index (χ1v) is 11.0. The molecule has 2 fully saturated rings. The number of hydrogen-bond donors (Lipinski definition) is 2. The van der Waals surface area contributed by atoms with Crippen LogP contribution < -0.4 is 10.6 Å². The summed E-state index contributed by atoms with van der Waals surface area (Å²) in [5, 5.41) is 7.87. The van der Waals surface area contributed by atoms with Crippen molar-refractivity contribution in [1.82, 2.24) is 15.5 Å². The number of methoxy groups -OCH3 is 1. The number of nitrogens with one attached hydrogen (secondary N) is 2. The highest BCUT2D eigenvalue weighted by molar-refractivity contribution is 6.30. The lowest BCUT2D eigenvalue weighted by Gasteiger charge is -2.42. The molecule has 1 saturated heterocycles. The second-order valence-corrected chi connectivity index (χ2v) is 8.56. The number of aliphatic imine (C=N–C) groups is 1. The van der Waals surface area contributed by atoms with Crippen molar-refractivity contribution >= 4 is 17.6 Å². The molecule has 162 valence electrons. The minimum absolute atomic E-state index is 0.251. The Morgan fingerprint density at radius 3 is 2.55 bits per heavy atom. The first-order valence-electron chi connectivity index (χ1n) is 10.7. The van der Waals surface area contributed by atoms with Gasteiger partial charge in [-0.1, -0.05) is 30.2 Å². The normalized spacial score (nSPS) is 20.7. The van der Waals surface area contributed by atoms with E-state index in [4.69, 9.17) is 21.1 Å². The van der Waals surface area contributed by atoms with Crippen molar-refractivity contribution in [1.29, 1.82) is 0 Å². The van der Waals surface area contributed by atoms with Gasteiger partial charge in [0.15, 0.2) is 5.96 Å². The Morgan fingerprint density at radius 1 is 1.24 bits per heavy atom. The number of ether oxygens (including phenoxy) is 2. The Kier molecular flexibility index (Phi) is 8.60. The maximum absolute atomic E-state index is 6.10. The molecule has 1 saturated carbocycles. The van der Waals surface area contributed by atoms with E-state index in [1.165, 1.54) is 24.8 Å². The van der Waals surface area contributed by atoms with Crippen LogP contribution in [0.25, 0.3) is 0 Å². The summed E-state index contributed by atoms with van der Waals surface area (Å²) in [6.07, 6.45) is 4.95. The zero-order chi connectivity index (χ0) is 20.5. The average Bonchev–Trinajstić information content (AvgIpc) is 2.73. The van der Waals surface area contributed by atoms with E-state index < -0.39 is 0 Å². The van der Waals surface area contributed by atoms with Crippen LogP contribution in [0.5, 0.6) is 0 Å². The van der Waals surface area contributed by atoms with E-state index in [9.17, 15) is 0 Å². The summed E-state index contributed by atoms with van der Waals surface area (Å²) in [5.74, 6) is 0.862. The van der Waals surface area contributed by atoms with Crippen LogP contribution in [0.3, 0.4) is 0 Å². The molecule has 0 amide bonds. The van der Waals surface area contributed by atoms with Crippen LogP contribution in [0.15, 0.2) is 29.3 Å². The van der Waals surface area contributed by atoms with Crippen LogP contribution in [-0.4, -0.2) is 71.0 Å². The van der Waals surface area contributed by atoms with E-state index in [2.05, 4.69) is 32.7 Å². The number of benzene rings is 1. The summed E-state index contributed by atoms with van der Waals surface area (Å²) in [5.41, 5.74) is 1.61. The predicted molar refractivity (Wildman–Crippen MR) is 119 cm³/mol. The molecule has 2 N–H and O–H groups in total. The average molecular weight is 423 g/mol. The van der Waals surface area contributed by atoms with Crippen molar-refractivity contribution in [3.63, 3.8) is 0 Å². The molecule has 29 heavy (non-hydrogen) atoms. The summed E-state index contributed by atoms with van der Waals surface area (Å²) in [6, 6.07) is 8.42. The Labute approximate surface area is 180 Å². The van der Waals surface area contributed by atoms with Gasteiger partial charge >= 0.3 is 0 Å². The number of nitrogens with zero attached hydrogens (tertiary/aromatic N) is 2. The lowest BCUT2D eigenvalue weighted by Crippen LogP contribution is -2.49. The lowest BCUT2D eigenvalue weighted by atomic mass is 9.67. The summed E-state index contributed by atoms with van der Waals surface area (Å²) in [7, 11) is 3.62. The number of morpholine rings is 1. The van der Waals surface area contributed by atoms with Gasteiger partial charge < -0.3 is 20.1 Å². The van der Waals surface area contributed by atoms with Gasteiger partial charge in [0.05, 0.1) is 19.3 Å². The zero-order valence-corrected chi connectivity index (χ0v) is 18.5. The highest BCUT2D eigenvalue weighted by atomic mass is 35.5. The van der Waals surface area contributed by atoms with E-state index in [1.54, 1.807) is 7.11 Å². The molecule has 0 aromatic heterocycles. The van der Waals surface area contributed by atoms with Gasteiger partial charge in [0, 0.05) is 52.0 Å². The van der Waals surface area contributed by atoms with Gasteiger partial charge in [0.2, 0.25) is 0 Å². The van der Waals surface area contributed by atoms with Crippen LogP contribution >= 0.6 is 11.6 Å². The van der Waals surface area contributed by atoms with E-state index in [-0.39, 0.29) is 6.04 Å². The maximum atomic E-state index is 6.10. The highest BCUT2D eigenvalue weighted by Crippen LogP contribution is 2.43. The summed E-state index contributed by atoms with van der Waals surface area (Å²) in [4.78, 5) is 6.92. The standard InChI is InChI=1S/C22H35ClN4O2/c1-24-21(26-17-22(8-3-9-22)10-13-28-2)25-16-20(27-11-14-29-15-12-27)18-4-6-19(23)7-5-18/h4-7,20H,3,8-17H2,1-2H3,(H2,24,25,26). The van der Waals surface area contributed by atoms with Gasteiger partial charge in [-0.2, -0.15) is 0 Å². The van der Waals surface area contributed by atoms with Crippen LogP contribution in [0.2, 0.25) is 5.02 Å². The molecular formula is C22H35ClN4O2. The third-order valence-electron chi connectivity index (χ3n) is 6.31. The molecule has 0 radical (unpaired) electrons. The SMILES string of the molecule is CN=C(NCC(c1ccc(Cl)cc1)N1CCOCC1)NCC1(CCOC)CCC1. The van der Waals surface area contributed by atoms with E-state index in [0.29, 0.717) is 5.41 Å². The van der Waals surface area contributed by atoms with Crippen LogP contribution in [0, 0.1) is 5.41 Å². The van der Waals surface area contributed by atoms with E-state index >= 15 is 0 Å². The monoisotopic (exact) mass is 422 g/mol. The minimum atomic E-state index is 0.251.